The summed E-state index contributed by atoms with van der Waals surface area (Å²) in [6, 6.07) is 7.00. The van der Waals surface area contributed by atoms with E-state index in [2.05, 4.69) is 13.0 Å². The SMILES string of the molecule is CC.CC.CCc1cc2cc(F)ccc2s1. The van der Waals surface area contributed by atoms with Crippen LogP contribution in [-0.2, 0) is 6.42 Å². The van der Waals surface area contributed by atoms with Crippen molar-refractivity contribution in [2.45, 2.75) is 41.0 Å². The summed E-state index contributed by atoms with van der Waals surface area (Å²) >= 11 is 1.74. The fourth-order valence-electron chi connectivity index (χ4n) is 1.24. The predicted molar refractivity (Wildman–Crippen MR) is 73.9 cm³/mol. The Morgan fingerprint density at radius 2 is 1.69 bits per heavy atom. The fraction of sp³-hybridized carbons (Fsp3) is 0.429. The van der Waals surface area contributed by atoms with Crippen LogP contribution in [0.5, 0.6) is 0 Å². The number of thiophene rings is 1. The van der Waals surface area contributed by atoms with Gasteiger partial charge >= 0.3 is 0 Å². The minimum absolute atomic E-state index is 0.150. The average molecular weight is 240 g/mol. The first-order valence-corrected chi connectivity index (χ1v) is 6.79. The molecule has 1 heterocycles. The molecule has 0 nitrogen and oxygen atoms in total. The van der Waals surface area contributed by atoms with Gasteiger partial charge in [-0.25, -0.2) is 4.39 Å². The molecule has 0 aliphatic heterocycles. The predicted octanol–water partition coefficient (Wildman–Crippen LogP) is 5.66. The third-order valence-electron chi connectivity index (χ3n) is 1.88. The van der Waals surface area contributed by atoms with Gasteiger partial charge in [-0.2, -0.15) is 0 Å². The van der Waals surface area contributed by atoms with Gasteiger partial charge in [0.25, 0.3) is 0 Å². The van der Waals surface area contributed by atoms with Crippen LogP contribution in [0, 0.1) is 5.82 Å². The minimum atomic E-state index is -0.150. The summed E-state index contributed by atoms with van der Waals surface area (Å²) in [5, 5.41) is 1.02. The van der Waals surface area contributed by atoms with Crippen LogP contribution in [0.15, 0.2) is 24.3 Å². The van der Waals surface area contributed by atoms with Gasteiger partial charge in [0, 0.05) is 9.58 Å². The monoisotopic (exact) mass is 240 g/mol. The standard InChI is InChI=1S/C10H9FS.2C2H6/c1-2-9-6-7-5-8(11)3-4-10(7)12-9;2*1-2/h3-6H,2H2,1H3;2*1-2H3. The van der Waals surface area contributed by atoms with E-state index >= 15 is 0 Å². The zero-order chi connectivity index (χ0) is 12.6. The molecule has 16 heavy (non-hydrogen) atoms. The van der Waals surface area contributed by atoms with Crippen molar-refractivity contribution in [3.05, 3.63) is 35.0 Å². The highest BCUT2D eigenvalue weighted by Gasteiger charge is 2.00. The second kappa shape index (κ2) is 8.28. The van der Waals surface area contributed by atoms with Gasteiger partial charge in [0.15, 0.2) is 0 Å². The molecule has 0 aliphatic carbocycles. The summed E-state index contributed by atoms with van der Waals surface area (Å²) in [5.41, 5.74) is 0. The molecule has 0 atom stereocenters. The zero-order valence-electron chi connectivity index (χ0n) is 10.8. The molecular weight excluding hydrogens is 219 g/mol. The average Bonchev–Trinajstić information content (AvgIpc) is 2.76. The largest absolute Gasteiger partial charge is 0.207 e. The van der Waals surface area contributed by atoms with Crippen LogP contribution < -0.4 is 0 Å². The topological polar surface area (TPSA) is 0 Å². The quantitative estimate of drug-likeness (QED) is 0.603. The molecule has 2 aromatic rings. The number of benzene rings is 1. The van der Waals surface area contributed by atoms with E-state index in [4.69, 9.17) is 0 Å². The maximum atomic E-state index is 12.8. The summed E-state index contributed by atoms with van der Waals surface area (Å²) in [4.78, 5) is 1.32. The molecular formula is C14H21FS. The van der Waals surface area contributed by atoms with Crippen molar-refractivity contribution in [1.82, 2.24) is 0 Å². The molecule has 0 unspecified atom stereocenters. The molecule has 0 radical (unpaired) electrons. The van der Waals surface area contributed by atoms with Crippen molar-refractivity contribution in [3.63, 3.8) is 0 Å². The Kier molecular flexibility index (Phi) is 7.82. The van der Waals surface area contributed by atoms with Crippen LogP contribution in [0.25, 0.3) is 10.1 Å². The van der Waals surface area contributed by atoms with Gasteiger partial charge in [-0.05, 0) is 36.1 Å². The number of aryl methyl sites for hydroxylation is 1. The highest BCUT2D eigenvalue weighted by molar-refractivity contribution is 7.19. The van der Waals surface area contributed by atoms with Gasteiger partial charge in [0.2, 0.25) is 0 Å². The molecule has 0 amide bonds. The number of hydrogen-bond donors (Lipinski definition) is 0. The lowest BCUT2D eigenvalue weighted by molar-refractivity contribution is 0.630. The first-order valence-electron chi connectivity index (χ1n) is 5.97. The molecule has 90 valence electrons. The molecule has 1 aromatic carbocycles. The highest BCUT2D eigenvalue weighted by atomic mass is 32.1. The highest BCUT2D eigenvalue weighted by Crippen LogP contribution is 2.26. The molecule has 2 heteroatoms. The van der Waals surface area contributed by atoms with Crippen molar-refractivity contribution >= 4 is 21.4 Å². The van der Waals surface area contributed by atoms with Gasteiger partial charge in [-0.15, -0.1) is 11.3 Å². The van der Waals surface area contributed by atoms with Crippen LogP contribution in [0.4, 0.5) is 4.39 Å². The second-order valence-corrected chi connectivity index (χ2v) is 3.92. The lowest BCUT2D eigenvalue weighted by Gasteiger charge is -1.86. The molecule has 0 spiro atoms. The van der Waals surface area contributed by atoms with Crippen LogP contribution >= 0.6 is 11.3 Å². The van der Waals surface area contributed by atoms with Gasteiger partial charge in [-0.1, -0.05) is 34.6 Å². The number of rotatable bonds is 1. The maximum absolute atomic E-state index is 12.8. The van der Waals surface area contributed by atoms with Crippen LogP contribution in [-0.4, -0.2) is 0 Å². The maximum Gasteiger partial charge on any atom is 0.123 e. The minimum Gasteiger partial charge on any atom is -0.207 e. The normalized spacial score (nSPS) is 8.88. The van der Waals surface area contributed by atoms with E-state index < -0.39 is 0 Å². The van der Waals surface area contributed by atoms with E-state index in [1.54, 1.807) is 17.4 Å². The van der Waals surface area contributed by atoms with E-state index in [0.29, 0.717) is 0 Å². The van der Waals surface area contributed by atoms with Crippen molar-refractivity contribution in [2.75, 3.05) is 0 Å². The van der Waals surface area contributed by atoms with E-state index in [1.807, 2.05) is 33.8 Å². The number of hydrogen-bond acceptors (Lipinski definition) is 1. The van der Waals surface area contributed by atoms with Crippen molar-refractivity contribution < 1.29 is 4.39 Å². The van der Waals surface area contributed by atoms with Crippen molar-refractivity contribution in [1.29, 1.82) is 0 Å². The molecule has 0 saturated heterocycles. The molecule has 0 bridgehead atoms. The fourth-order valence-corrected chi connectivity index (χ4v) is 2.23. The number of fused-ring (bicyclic) bond motifs is 1. The van der Waals surface area contributed by atoms with E-state index in [-0.39, 0.29) is 5.82 Å². The number of halogens is 1. The summed E-state index contributed by atoms with van der Waals surface area (Å²) in [6.07, 6.45) is 1.03. The Hall–Kier alpha value is -0.890. The molecule has 2 rings (SSSR count). The lowest BCUT2D eigenvalue weighted by atomic mass is 10.2. The van der Waals surface area contributed by atoms with Gasteiger partial charge < -0.3 is 0 Å². The van der Waals surface area contributed by atoms with Crippen LogP contribution in [0.3, 0.4) is 0 Å². The van der Waals surface area contributed by atoms with Crippen LogP contribution in [0.1, 0.15) is 39.5 Å². The Bertz CT molecular complexity index is 404. The third kappa shape index (κ3) is 3.93. The summed E-state index contributed by atoms with van der Waals surface area (Å²) in [7, 11) is 0. The first kappa shape index (κ1) is 15.1. The third-order valence-corrected chi connectivity index (χ3v) is 3.14. The zero-order valence-corrected chi connectivity index (χ0v) is 11.6. The van der Waals surface area contributed by atoms with E-state index in [1.165, 1.54) is 15.6 Å². The molecule has 1 aromatic heterocycles. The van der Waals surface area contributed by atoms with Gasteiger partial charge in [-0.3, -0.25) is 0 Å². The van der Waals surface area contributed by atoms with E-state index in [0.717, 1.165) is 11.8 Å². The van der Waals surface area contributed by atoms with Gasteiger partial charge in [0.05, 0.1) is 0 Å². The molecule has 0 saturated carbocycles. The lowest BCUT2D eigenvalue weighted by Crippen LogP contribution is -1.69. The Labute approximate surface area is 102 Å². The van der Waals surface area contributed by atoms with E-state index in [9.17, 15) is 4.39 Å². The Morgan fingerprint density at radius 3 is 2.25 bits per heavy atom. The van der Waals surface area contributed by atoms with Crippen molar-refractivity contribution in [3.8, 4) is 0 Å². The summed E-state index contributed by atoms with van der Waals surface area (Å²) < 4.78 is 13.9. The smallest absolute Gasteiger partial charge is 0.123 e. The summed E-state index contributed by atoms with van der Waals surface area (Å²) in [6.45, 7) is 10.1. The van der Waals surface area contributed by atoms with Crippen LogP contribution in [0.2, 0.25) is 0 Å². The molecule has 0 N–H and O–H groups in total. The Morgan fingerprint density at radius 1 is 1.06 bits per heavy atom. The molecule has 0 fully saturated rings. The Balaban J connectivity index is 0.000000509. The summed E-state index contributed by atoms with van der Waals surface area (Å²) in [5.74, 6) is -0.150. The first-order chi connectivity index (χ1) is 7.79. The van der Waals surface area contributed by atoms with Gasteiger partial charge in [0.1, 0.15) is 5.82 Å². The molecule has 0 aliphatic rings. The second-order valence-electron chi connectivity index (χ2n) is 2.75. The van der Waals surface area contributed by atoms with Crippen molar-refractivity contribution in [2.24, 2.45) is 0 Å².